The first-order chi connectivity index (χ1) is 7.97. The van der Waals surface area contributed by atoms with Gasteiger partial charge in [-0.15, -0.1) is 0 Å². The van der Waals surface area contributed by atoms with Crippen molar-refractivity contribution in [2.45, 2.75) is 13.8 Å². The van der Waals surface area contributed by atoms with Gasteiger partial charge in [-0.05, 0) is 13.8 Å². The summed E-state index contributed by atoms with van der Waals surface area (Å²) >= 11 is 0. The van der Waals surface area contributed by atoms with Crippen LogP contribution < -0.4 is 0 Å². The van der Waals surface area contributed by atoms with Crippen molar-refractivity contribution in [3.63, 3.8) is 0 Å². The van der Waals surface area contributed by atoms with Crippen LogP contribution in [0.2, 0.25) is 0 Å². The van der Waals surface area contributed by atoms with Gasteiger partial charge in [0.05, 0.1) is 18.4 Å². The molecule has 0 saturated carbocycles. The first-order valence-corrected chi connectivity index (χ1v) is 5.37. The lowest BCUT2D eigenvalue weighted by molar-refractivity contribution is -0.143. The Morgan fingerprint density at radius 3 is 2.65 bits per heavy atom. The minimum absolute atomic E-state index is 0.0546. The zero-order valence-electron chi connectivity index (χ0n) is 10.6. The maximum absolute atomic E-state index is 12.0. The summed E-state index contributed by atoms with van der Waals surface area (Å²) in [5, 5.41) is 3.99. The number of aromatic nitrogens is 2. The van der Waals surface area contributed by atoms with Crippen LogP contribution in [0, 0.1) is 6.92 Å². The van der Waals surface area contributed by atoms with Gasteiger partial charge in [0, 0.05) is 19.8 Å². The lowest BCUT2D eigenvalue weighted by Crippen LogP contribution is -2.33. The smallest absolute Gasteiger partial charge is 0.325 e. The van der Waals surface area contributed by atoms with Gasteiger partial charge >= 0.3 is 5.97 Å². The van der Waals surface area contributed by atoms with Gasteiger partial charge in [-0.2, -0.15) is 5.10 Å². The lowest BCUT2D eigenvalue weighted by Gasteiger charge is -2.15. The first kappa shape index (κ1) is 13.2. The zero-order valence-corrected chi connectivity index (χ0v) is 10.6. The molecule has 1 rings (SSSR count). The fraction of sp³-hybridized carbons (Fsp3) is 0.545. The monoisotopic (exact) mass is 239 g/mol. The number of nitrogens with zero attached hydrogens (tertiary/aromatic N) is 3. The zero-order chi connectivity index (χ0) is 13.0. The summed E-state index contributed by atoms with van der Waals surface area (Å²) in [5.41, 5.74) is 1.27. The molecule has 94 valence electrons. The van der Waals surface area contributed by atoms with Crippen LogP contribution in [-0.4, -0.2) is 46.8 Å². The average molecular weight is 239 g/mol. The van der Waals surface area contributed by atoms with Gasteiger partial charge in [0.25, 0.3) is 5.91 Å². The van der Waals surface area contributed by atoms with Crippen molar-refractivity contribution in [2.75, 3.05) is 20.2 Å². The minimum atomic E-state index is -0.412. The lowest BCUT2D eigenvalue weighted by atomic mass is 10.2. The maximum atomic E-state index is 12.0. The Hall–Kier alpha value is -1.85. The van der Waals surface area contributed by atoms with Crippen molar-refractivity contribution in [3.8, 4) is 0 Å². The summed E-state index contributed by atoms with van der Waals surface area (Å²) in [5.74, 6) is -0.645. The minimum Gasteiger partial charge on any atom is -0.465 e. The third kappa shape index (κ3) is 3.05. The molecule has 0 aliphatic rings. The molecule has 1 aromatic rings. The number of carbonyl (C=O) groups excluding carboxylic acids is 2. The van der Waals surface area contributed by atoms with Crippen molar-refractivity contribution in [3.05, 3.63) is 17.5 Å². The van der Waals surface area contributed by atoms with Crippen molar-refractivity contribution < 1.29 is 14.3 Å². The number of carbonyl (C=O) groups is 2. The predicted molar refractivity (Wildman–Crippen MR) is 61.5 cm³/mol. The Balaban J connectivity index is 2.70. The largest absolute Gasteiger partial charge is 0.465 e. The highest BCUT2D eigenvalue weighted by molar-refractivity contribution is 5.96. The van der Waals surface area contributed by atoms with Gasteiger partial charge in [0.1, 0.15) is 6.54 Å². The Morgan fingerprint density at radius 2 is 2.18 bits per heavy atom. The summed E-state index contributed by atoms with van der Waals surface area (Å²) in [4.78, 5) is 24.5. The number of likely N-dealkylation sites (N-methyl/N-ethyl adjacent to an activating group) is 1. The van der Waals surface area contributed by atoms with Crippen LogP contribution in [0.25, 0.3) is 0 Å². The van der Waals surface area contributed by atoms with Gasteiger partial charge in [0.2, 0.25) is 0 Å². The number of rotatable bonds is 4. The summed E-state index contributed by atoms with van der Waals surface area (Å²) in [7, 11) is 3.32. The molecule has 6 nitrogen and oxygen atoms in total. The van der Waals surface area contributed by atoms with Gasteiger partial charge < -0.3 is 9.64 Å². The molecule has 0 spiro atoms. The molecule has 1 heterocycles. The van der Waals surface area contributed by atoms with E-state index in [1.807, 2.05) is 0 Å². The molecule has 0 aromatic carbocycles. The topological polar surface area (TPSA) is 64.4 Å². The molecule has 0 unspecified atom stereocenters. The molecule has 0 atom stereocenters. The van der Waals surface area contributed by atoms with Gasteiger partial charge in [-0.3, -0.25) is 14.3 Å². The van der Waals surface area contributed by atoms with Gasteiger partial charge in [0.15, 0.2) is 0 Å². The Morgan fingerprint density at radius 1 is 1.53 bits per heavy atom. The predicted octanol–water partition coefficient (Wildman–Crippen LogP) is 0.364. The Bertz CT molecular complexity index is 426. The standard InChI is InChI=1S/C11H17N3O3/c1-5-17-10(15)7-13(3)11(16)9-6-12-14(4)8(9)2/h6H,5,7H2,1-4H3. The highest BCUT2D eigenvalue weighted by Crippen LogP contribution is 2.08. The number of hydrogen-bond acceptors (Lipinski definition) is 4. The molecule has 0 aliphatic carbocycles. The molecule has 17 heavy (non-hydrogen) atoms. The molecule has 0 fully saturated rings. The van der Waals surface area contributed by atoms with Crippen LogP contribution in [0.15, 0.2) is 6.20 Å². The number of esters is 1. The molecule has 0 radical (unpaired) electrons. The highest BCUT2D eigenvalue weighted by atomic mass is 16.5. The quantitative estimate of drug-likeness (QED) is 0.712. The van der Waals surface area contributed by atoms with Crippen molar-refractivity contribution in [2.24, 2.45) is 7.05 Å². The first-order valence-electron chi connectivity index (χ1n) is 5.37. The van der Waals surface area contributed by atoms with Gasteiger partial charge in [-0.1, -0.05) is 0 Å². The molecule has 6 heteroatoms. The number of ether oxygens (including phenoxy) is 1. The molecule has 0 N–H and O–H groups in total. The molecule has 0 aliphatic heterocycles. The van der Waals surface area contributed by atoms with E-state index in [0.29, 0.717) is 12.2 Å². The van der Waals surface area contributed by atoms with E-state index < -0.39 is 5.97 Å². The fourth-order valence-corrected chi connectivity index (χ4v) is 1.39. The van der Waals surface area contributed by atoms with Crippen LogP contribution >= 0.6 is 0 Å². The SMILES string of the molecule is CCOC(=O)CN(C)C(=O)c1cnn(C)c1C. The Labute approximate surface area is 100 Å². The third-order valence-electron chi connectivity index (χ3n) is 2.48. The van der Waals surface area contributed by atoms with Crippen molar-refractivity contribution in [1.82, 2.24) is 14.7 Å². The second kappa shape index (κ2) is 5.47. The molecular weight excluding hydrogens is 222 g/mol. The normalized spacial score (nSPS) is 10.1. The maximum Gasteiger partial charge on any atom is 0.325 e. The Kier molecular flexibility index (Phi) is 4.25. The molecule has 1 aromatic heterocycles. The average Bonchev–Trinajstić information content (AvgIpc) is 2.59. The summed E-state index contributed by atoms with van der Waals surface area (Å²) in [6.07, 6.45) is 1.50. The second-order valence-corrected chi connectivity index (χ2v) is 3.73. The molecular formula is C11H17N3O3. The molecule has 0 bridgehead atoms. The van der Waals surface area contributed by atoms with Crippen LogP contribution in [0.3, 0.4) is 0 Å². The van der Waals surface area contributed by atoms with Crippen LogP contribution in [-0.2, 0) is 16.6 Å². The van der Waals surface area contributed by atoms with E-state index in [-0.39, 0.29) is 12.5 Å². The summed E-state index contributed by atoms with van der Waals surface area (Å²) in [6, 6.07) is 0. The third-order valence-corrected chi connectivity index (χ3v) is 2.48. The summed E-state index contributed by atoms with van der Waals surface area (Å²) in [6.45, 7) is 3.79. The van der Waals surface area contributed by atoms with Gasteiger partial charge in [-0.25, -0.2) is 0 Å². The fourth-order valence-electron chi connectivity index (χ4n) is 1.39. The van der Waals surface area contributed by atoms with Crippen LogP contribution in [0.5, 0.6) is 0 Å². The van der Waals surface area contributed by atoms with E-state index in [1.54, 1.807) is 32.6 Å². The number of amides is 1. The molecule has 0 saturated heterocycles. The van der Waals surface area contributed by atoms with Crippen molar-refractivity contribution in [1.29, 1.82) is 0 Å². The van der Waals surface area contributed by atoms with Crippen LogP contribution in [0.4, 0.5) is 0 Å². The van der Waals surface area contributed by atoms with E-state index in [9.17, 15) is 9.59 Å². The van der Waals surface area contributed by atoms with E-state index in [4.69, 9.17) is 4.74 Å². The second-order valence-electron chi connectivity index (χ2n) is 3.73. The van der Waals surface area contributed by atoms with E-state index in [0.717, 1.165) is 5.69 Å². The van der Waals surface area contributed by atoms with Crippen molar-refractivity contribution >= 4 is 11.9 Å². The van der Waals surface area contributed by atoms with E-state index in [2.05, 4.69) is 5.10 Å². The number of hydrogen-bond donors (Lipinski definition) is 0. The highest BCUT2D eigenvalue weighted by Gasteiger charge is 2.19. The van der Waals surface area contributed by atoms with E-state index in [1.165, 1.54) is 11.1 Å². The summed E-state index contributed by atoms with van der Waals surface area (Å²) < 4.78 is 6.40. The van der Waals surface area contributed by atoms with E-state index >= 15 is 0 Å². The molecule has 1 amide bonds. The van der Waals surface area contributed by atoms with Crippen LogP contribution in [0.1, 0.15) is 23.0 Å². The number of aryl methyl sites for hydroxylation is 1.